The fourth-order valence-corrected chi connectivity index (χ4v) is 7.07. The minimum absolute atomic E-state index is 0.0652. The van der Waals surface area contributed by atoms with Crippen LogP contribution in [0.1, 0.15) is 259 Å². The van der Waals surface area contributed by atoms with Crippen molar-refractivity contribution in [3.8, 4) is 0 Å². The first kappa shape index (κ1) is 52.4. The third-order valence-corrected chi connectivity index (χ3v) is 11.1. The Bertz CT molecular complexity index is 826. The van der Waals surface area contributed by atoms with Crippen molar-refractivity contribution in [2.45, 2.75) is 265 Å². The summed E-state index contributed by atoms with van der Waals surface area (Å²) in [5, 5.41) is 0. The lowest BCUT2D eigenvalue weighted by Crippen LogP contribution is -2.30. The molecule has 2 atom stereocenters. The van der Waals surface area contributed by atoms with Crippen molar-refractivity contribution in [3.63, 3.8) is 0 Å². The van der Waals surface area contributed by atoms with Gasteiger partial charge < -0.3 is 14.2 Å². The minimum atomic E-state index is -0.761. The molecule has 0 bridgehead atoms. The van der Waals surface area contributed by atoms with Crippen molar-refractivity contribution >= 4 is 17.9 Å². The molecule has 0 saturated heterocycles. The van der Waals surface area contributed by atoms with Gasteiger partial charge in [-0.25, -0.2) is 0 Å². The maximum atomic E-state index is 12.7. The zero-order chi connectivity index (χ0) is 39.7. The van der Waals surface area contributed by atoms with Crippen molar-refractivity contribution in [1.29, 1.82) is 0 Å². The normalized spacial score (nSPS) is 12.6. The summed E-state index contributed by atoms with van der Waals surface area (Å²) >= 11 is 0. The molecule has 0 spiro atoms. The summed E-state index contributed by atoms with van der Waals surface area (Å²) < 4.78 is 16.7. The van der Waals surface area contributed by atoms with E-state index in [2.05, 4.69) is 34.6 Å². The van der Waals surface area contributed by atoms with E-state index < -0.39 is 6.10 Å². The van der Waals surface area contributed by atoms with Crippen LogP contribution in [-0.4, -0.2) is 37.2 Å². The second-order valence-corrected chi connectivity index (χ2v) is 17.1. The molecule has 0 aromatic rings. The van der Waals surface area contributed by atoms with E-state index in [-0.39, 0.29) is 31.1 Å². The predicted molar refractivity (Wildman–Crippen MR) is 229 cm³/mol. The van der Waals surface area contributed by atoms with Gasteiger partial charge in [0.25, 0.3) is 0 Å². The van der Waals surface area contributed by atoms with Crippen LogP contribution in [0, 0.1) is 11.8 Å². The number of carbonyl (C=O) groups is 3. The zero-order valence-corrected chi connectivity index (χ0v) is 36.8. The molecule has 0 rings (SSSR count). The molecule has 320 valence electrons. The summed E-state index contributed by atoms with van der Waals surface area (Å²) in [5.41, 5.74) is 0. The molecule has 0 N–H and O–H groups in total. The molecule has 0 aromatic heterocycles. The lowest BCUT2D eigenvalue weighted by atomic mass is 10.00. The molecule has 1 unspecified atom stereocenters. The van der Waals surface area contributed by atoms with E-state index in [1.54, 1.807) is 0 Å². The summed E-state index contributed by atoms with van der Waals surface area (Å²) in [6.45, 7) is 11.3. The van der Waals surface area contributed by atoms with Gasteiger partial charge in [0.1, 0.15) is 13.2 Å². The van der Waals surface area contributed by atoms with Gasteiger partial charge in [0, 0.05) is 19.3 Å². The Hall–Kier alpha value is -1.59. The van der Waals surface area contributed by atoms with Crippen molar-refractivity contribution in [1.82, 2.24) is 0 Å². The number of hydrogen-bond donors (Lipinski definition) is 0. The van der Waals surface area contributed by atoms with E-state index in [1.165, 1.54) is 148 Å². The van der Waals surface area contributed by atoms with Crippen LogP contribution in [-0.2, 0) is 28.6 Å². The SMILES string of the molecule is CCCCCCCCCCCCCCCC(=O)O[C@@H](COC(=O)CCCCCCCCCCCCC(C)C)COC(=O)CCCCCCCCC(C)CC. The topological polar surface area (TPSA) is 78.9 Å². The van der Waals surface area contributed by atoms with Crippen LogP contribution in [0.2, 0.25) is 0 Å². The molecule has 0 aliphatic heterocycles. The molecular weight excluding hydrogens is 673 g/mol. The van der Waals surface area contributed by atoms with Gasteiger partial charge in [-0.2, -0.15) is 0 Å². The maximum Gasteiger partial charge on any atom is 0.306 e. The summed E-state index contributed by atoms with van der Waals surface area (Å²) in [6.07, 6.45) is 39.4. The summed E-state index contributed by atoms with van der Waals surface area (Å²) in [5.74, 6) is 0.776. The molecule has 0 aromatic carbocycles. The molecule has 0 saturated carbocycles. The fourth-order valence-electron chi connectivity index (χ4n) is 7.07. The molecule has 54 heavy (non-hydrogen) atoms. The summed E-state index contributed by atoms with van der Waals surface area (Å²) in [6, 6.07) is 0. The van der Waals surface area contributed by atoms with Crippen molar-refractivity contribution in [2.24, 2.45) is 11.8 Å². The van der Waals surface area contributed by atoms with Crippen molar-refractivity contribution in [2.75, 3.05) is 13.2 Å². The number of ether oxygens (including phenoxy) is 3. The van der Waals surface area contributed by atoms with Crippen LogP contribution in [0.15, 0.2) is 0 Å². The van der Waals surface area contributed by atoms with Gasteiger partial charge in [-0.05, 0) is 31.1 Å². The largest absolute Gasteiger partial charge is 0.462 e. The fraction of sp³-hybridized carbons (Fsp3) is 0.938. The quantitative estimate of drug-likeness (QED) is 0.0350. The van der Waals surface area contributed by atoms with Crippen molar-refractivity contribution < 1.29 is 28.6 Å². The van der Waals surface area contributed by atoms with Crippen LogP contribution in [0.4, 0.5) is 0 Å². The van der Waals surface area contributed by atoms with Crippen LogP contribution < -0.4 is 0 Å². The number of carbonyl (C=O) groups excluding carboxylic acids is 3. The Labute approximate surface area is 336 Å². The second-order valence-electron chi connectivity index (χ2n) is 17.1. The smallest absolute Gasteiger partial charge is 0.306 e. The van der Waals surface area contributed by atoms with E-state index >= 15 is 0 Å². The molecule has 0 aliphatic rings. The van der Waals surface area contributed by atoms with Crippen LogP contribution in [0.25, 0.3) is 0 Å². The first-order valence-corrected chi connectivity index (χ1v) is 23.8. The second kappa shape index (κ2) is 41.1. The highest BCUT2D eigenvalue weighted by Gasteiger charge is 2.19. The maximum absolute atomic E-state index is 12.7. The van der Waals surface area contributed by atoms with Gasteiger partial charge in [-0.1, -0.05) is 221 Å². The first-order valence-electron chi connectivity index (χ1n) is 23.8. The number of hydrogen-bond acceptors (Lipinski definition) is 6. The molecule has 0 fully saturated rings. The first-order chi connectivity index (χ1) is 26.3. The Morgan fingerprint density at radius 1 is 0.389 bits per heavy atom. The Morgan fingerprint density at radius 2 is 0.704 bits per heavy atom. The number of rotatable bonds is 42. The molecule has 0 heterocycles. The van der Waals surface area contributed by atoms with E-state index in [4.69, 9.17) is 14.2 Å². The number of unbranched alkanes of at least 4 members (excludes halogenated alkanes) is 26. The lowest BCUT2D eigenvalue weighted by Gasteiger charge is -2.18. The summed E-state index contributed by atoms with van der Waals surface area (Å²) in [4.78, 5) is 37.8. The highest BCUT2D eigenvalue weighted by Crippen LogP contribution is 2.17. The molecule has 0 radical (unpaired) electrons. The predicted octanol–water partition coefficient (Wildman–Crippen LogP) is 15.0. The van der Waals surface area contributed by atoms with E-state index in [1.807, 2.05) is 0 Å². The van der Waals surface area contributed by atoms with E-state index in [0.29, 0.717) is 19.3 Å². The molecule has 0 aliphatic carbocycles. The van der Waals surface area contributed by atoms with Gasteiger partial charge in [-0.15, -0.1) is 0 Å². The summed E-state index contributed by atoms with van der Waals surface area (Å²) in [7, 11) is 0. The minimum Gasteiger partial charge on any atom is -0.462 e. The molecular formula is C48H92O6. The monoisotopic (exact) mass is 765 g/mol. The molecule has 6 heteroatoms. The van der Waals surface area contributed by atoms with Crippen molar-refractivity contribution in [3.05, 3.63) is 0 Å². The lowest BCUT2D eigenvalue weighted by molar-refractivity contribution is -0.167. The Kier molecular flexibility index (Phi) is 39.8. The van der Waals surface area contributed by atoms with Crippen LogP contribution >= 0.6 is 0 Å². The Morgan fingerprint density at radius 3 is 1.06 bits per heavy atom. The average molecular weight is 765 g/mol. The van der Waals surface area contributed by atoms with E-state index in [0.717, 1.165) is 69.6 Å². The standard InChI is InChI=1S/C48H92O6/c1-6-8-9-10-11-12-13-14-15-20-23-30-35-40-48(51)54-45(42-53-47(50)39-34-29-25-24-27-32-37-44(5)7-2)41-52-46(49)38-33-28-22-19-17-16-18-21-26-31-36-43(3)4/h43-45H,6-42H2,1-5H3/t44?,45-/m0/s1. The van der Waals surface area contributed by atoms with Crippen LogP contribution in [0.5, 0.6) is 0 Å². The molecule has 6 nitrogen and oxygen atoms in total. The number of esters is 3. The van der Waals surface area contributed by atoms with Gasteiger partial charge in [0.05, 0.1) is 0 Å². The van der Waals surface area contributed by atoms with Gasteiger partial charge in [0.2, 0.25) is 0 Å². The van der Waals surface area contributed by atoms with Gasteiger partial charge >= 0.3 is 17.9 Å². The van der Waals surface area contributed by atoms with E-state index in [9.17, 15) is 14.4 Å². The molecule has 0 amide bonds. The Balaban J connectivity index is 4.34. The highest BCUT2D eigenvalue weighted by molar-refractivity contribution is 5.71. The highest BCUT2D eigenvalue weighted by atomic mass is 16.6. The third-order valence-electron chi connectivity index (χ3n) is 11.1. The zero-order valence-electron chi connectivity index (χ0n) is 36.8. The average Bonchev–Trinajstić information content (AvgIpc) is 3.15. The third kappa shape index (κ3) is 40.1. The van der Waals surface area contributed by atoms with Gasteiger partial charge in [-0.3, -0.25) is 14.4 Å². The van der Waals surface area contributed by atoms with Crippen LogP contribution in [0.3, 0.4) is 0 Å². The van der Waals surface area contributed by atoms with Gasteiger partial charge in [0.15, 0.2) is 6.10 Å².